The van der Waals surface area contributed by atoms with Gasteiger partial charge in [-0.2, -0.15) is 0 Å². The number of Topliss-reactive ketones (excluding diaryl/α,β-unsaturated/α-hetero) is 1. The van der Waals surface area contributed by atoms with Gasteiger partial charge in [-0.15, -0.1) is 0 Å². The Bertz CT molecular complexity index is 440. The second-order valence-electron chi connectivity index (χ2n) is 5.26. The molecule has 1 atom stereocenters. The topological polar surface area (TPSA) is 62.6 Å². The summed E-state index contributed by atoms with van der Waals surface area (Å²) in [5, 5.41) is 2.70. The molecule has 0 unspecified atom stereocenters. The molecule has 1 amide bonds. The first-order chi connectivity index (χ1) is 9.08. The molecule has 1 aromatic heterocycles. The van der Waals surface area contributed by atoms with Crippen LogP contribution in [0.3, 0.4) is 0 Å². The number of hydrogen-bond acceptors (Lipinski definition) is 4. The van der Waals surface area contributed by atoms with Crippen molar-refractivity contribution in [2.75, 3.05) is 19.6 Å². The largest absolute Gasteiger partial charge is 0.461 e. The van der Waals surface area contributed by atoms with Gasteiger partial charge in [-0.1, -0.05) is 0 Å². The van der Waals surface area contributed by atoms with Gasteiger partial charge in [0.25, 0.3) is 11.7 Å². The van der Waals surface area contributed by atoms with E-state index in [1.54, 1.807) is 6.07 Å². The second-order valence-corrected chi connectivity index (χ2v) is 5.26. The molecule has 2 rings (SSSR count). The van der Waals surface area contributed by atoms with Crippen LogP contribution in [0.2, 0.25) is 0 Å². The van der Waals surface area contributed by atoms with Crippen LogP contribution >= 0.6 is 0 Å². The van der Waals surface area contributed by atoms with E-state index < -0.39 is 11.7 Å². The maximum Gasteiger partial charge on any atom is 0.295 e. The molecule has 0 aliphatic carbocycles. The third-order valence-electron chi connectivity index (χ3n) is 3.55. The normalized spacial score (nSPS) is 19.8. The number of furan rings is 1. The molecule has 0 radical (unpaired) electrons. The minimum absolute atomic E-state index is 0.0905. The molecule has 19 heavy (non-hydrogen) atoms. The molecular weight excluding hydrogens is 244 g/mol. The molecule has 0 spiro atoms. The van der Waals surface area contributed by atoms with Crippen molar-refractivity contribution in [2.24, 2.45) is 5.92 Å². The lowest BCUT2D eigenvalue weighted by atomic mass is 10.1. The number of hydrogen-bond donors (Lipinski definition) is 1. The van der Waals surface area contributed by atoms with Gasteiger partial charge < -0.3 is 14.6 Å². The minimum Gasteiger partial charge on any atom is -0.461 e. The van der Waals surface area contributed by atoms with Crippen LogP contribution in [0.25, 0.3) is 0 Å². The van der Waals surface area contributed by atoms with Crippen molar-refractivity contribution in [1.29, 1.82) is 0 Å². The van der Waals surface area contributed by atoms with E-state index in [4.69, 9.17) is 4.42 Å². The number of ketones is 1. The maximum absolute atomic E-state index is 11.7. The number of likely N-dealkylation sites (tertiary alicyclic amines) is 1. The molecule has 5 heteroatoms. The molecule has 0 aromatic carbocycles. The summed E-state index contributed by atoms with van der Waals surface area (Å²) >= 11 is 0. The Balaban J connectivity index is 1.77. The van der Waals surface area contributed by atoms with Crippen molar-refractivity contribution in [1.82, 2.24) is 10.2 Å². The average molecular weight is 264 g/mol. The molecule has 1 fully saturated rings. The van der Waals surface area contributed by atoms with Crippen LogP contribution in [0, 0.1) is 5.92 Å². The predicted molar refractivity (Wildman–Crippen MR) is 70.9 cm³/mol. The van der Waals surface area contributed by atoms with Gasteiger partial charge in [0.1, 0.15) is 0 Å². The Morgan fingerprint density at radius 1 is 1.53 bits per heavy atom. The van der Waals surface area contributed by atoms with Crippen LogP contribution in [0.1, 0.15) is 30.8 Å². The van der Waals surface area contributed by atoms with E-state index in [-0.39, 0.29) is 5.76 Å². The zero-order chi connectivity index (χ0) is 13.8. The highest BCUT2D eigenvalue weighted by atomic mass is 16.3. The zero-order valence-corrected chi connectivity index (χ0v) is 11.4. The highest BCUT2D eigenvalue weighted by Crippen LogP contribution is 2.17. The Hall–Kier alpha value is -1.62. The van der Waals surface area contributed by atoms with Crippen LogP contribution in [-0.2, 0) is 4.79 Å². The predicted octanol–water partition coefficient (Wildman–Crippen LogP) is 1.31. The summed E-state index contributed by atoms with van der Waals surface area (Å²) in [4.78, 5) is 25.7. The summed E-state index contributed by atoms with van der Waals surface area (Å²) in [6.45, 7) is 6.93. The molecular formula is C14H20N2O3. The zero-order valence-electron chi connectivity index (χ0n) is 11.4. The Morgan fingerprint density at radius 2 is 2.32 bits per heavy atom. The molecule has 1 aliphatic rings. The Kier molecular flexibility index (Phi) is 4.37. The Labute approximate surface area is 113 Å². The summed E-state index contributed by atoms with van der Waals surface area (Å²) in [5.41, 5.74) is 0. The third kappa shape index (κ3) is 3.44. The van der Waals surface area contributed by atoms with Crippen molar-refractivity contribution in [3.8, 4) is 0 Å². The lowest BCUT2D eigenvalue weighted by Crippen LogP contribution is -2.36. The molecule has 2 heterocycles. The van der Waals surface area contributed by atoms with Crippen LogP contribution in [-0.4, -0.2) is 42.3 Å². The van der Waals surface area contributed by atoms with Crippen LogP contribution in [0.4, 0.5) is 0 Å². The van der Waals surface area contributed by atoms with Gasteiger partial charge in [0.15, 0.2) is 5.76 Å². The maximum atomic E-state index is 11.7. The highest BCUT2D eigenvalue weighted by Gasteiger charge is 2.26. The number of carbonyl (C=O) groups excluding carboxylic acids is 2. The summed E-state index contributed by atoms with van der Waals surface area (Å²) in [6.07, 6.45) is 2.45. The molecule has 1 aliphatic heterocycles. The fourth-order valence-corrected chi connectivity index (χ4v) is 2.34. The lowest BCUT2D eigenvalue weighted by Gasteiger charge is -2.20. The van der Waals surface area contributed by atoms with Gasteiger partial charge in [-0.05, 0) is 44.9 Å². The molecule has 5 nitrogen and oxygen atoms in total. The first kappa shape index (κ1) is 13.8. The number of nitrogens with zero attached hydrogens (tertiary/aromatic N) is 1. The smallest absolute Gasteiger partial charge is 0.295 e. The van der Waals surface area contributed by atoms with E-state index in [0.717, 1.165) is 19.5 Å². The van der Waals surface area contributed by atoms with Crippen molar-refractivity contribution in [3.05, 3.63) is 24.2 Å². The number of amides is 1. The lowest BCUT2D eigenvalue weighted by molar-refractivity contribution is -0.117. The summed E-state index contributed by atoms with van der Waals surface area (Å²) in [6, 6.07) is 3.63. The van der Waals surface area contributed by atoms with E-state index in [0.29, 0.717) is 18.5 Å². The minimum atomic E-state index is -0.608. The average Bonchev–Trinajstić information content (AvgIpc) is 3.05. The molecule has 1 N–H and O–H groups in total. The van der Waals surface area contributed by atoms with Gasteiger partial charge in [-0.25, -0.2) is 0 Å². The van der Waals surface area contributed by atoms with Gasteiger partial charge in [0.05, 0.1) is 6.26 Å². The van der Waals surface area contributed by atoms with Gasteiger partial charge in [0.2, 0.25) is 0 Å². The SMILES string of the molecule is CC(C)N1CC[C@@H](CNC(=O)C(=O)c2ccco2)C1. The number of carbonyl (C=O) groups is 2. The summed E-state index contributed by atoms with van der Waals surface area (Å²) in [5.74, 6) is -0.676. The number of rotatable bonds is 5. The standard InChI is InChI=1S/C14H20N2O3/c1-10(2)16-6-5-11(9-16)8-15-14(18)13(17)12-4-3-7-19-12/h3-4,7,10-11H,5-6,8-9H2,1-2H3,(H,15,18)/t11-/m0/s1. The van der Waals surface area contributed by atoms with E-state index in [1.165, 1.54) is 12.3 Å². The molecule has 104 valence electrons. The summed E-state index contributed by atoms with van der Waals surface area (Å²) in [7, 11) is 0. The van der Waals surface area contributed by atoms with Crippen molar-refractivity contribution < 1.29 is 14.0 Å². The van der Waals surface area contributed by atoms with E-state index >= 15 is 0 Å². The fraction of sp³-hybridized carbons (Fsp3) is 0.571. The van der Waals surface area contributed by atoms with Crippen molar-refractivity contribution in [3.63, 3.8) is 0 Å². The molecule has 0 saturated carbocycles. The van der Waals surface area contributed by atoms with Crippen LogP contribution in [0.15, 0.2) is 22.8 Å². The highest BCUT2D eigenvalue weighted by molar-refractivity contribution is 6.42. The molecule has 1 saturated heterocycles. The Morgan fingerprint density at radius 3 is 2.89 bits per heavy atom. The van der Waals surface area contributed by atoms with Crippen molar-refractivity contribution in [2.45, 2.75) is 26.3 Å². The molecule has 1 aromatic rings. The summed E-state index contributed by atoms with van der Waals surface area (Å²) < 4.78 is 4.92. The fourth-order valence-electron chi connectivity index (χ4n) is 2.34. The van der Waals surface area contributed by atoms with Gasteiger partial charge in [0, 0.05) is 19.1 Å². The van der Waals surface area contributed by atoms with Gasteiger partial charge >= 0.3 is 0 Å². The van der Waals surface area contributed by atoms with E-state index in [1.807, 2.05) is 0 Å². The second kappa shape index (κ2) is 6.02. The van der Waals surface area contributed by atoms with Crippen molar-refractivity contribution >= 4 is 11.7 Å². The number of nitrogens with one attached hydrogen (secondary N) is 1. The molecule has 0 bridgehead atoms. The van der Waals surface area contributed by atoms with E-state index in [2.05, 4.69) is 24.1 Å². The van der Waals surface area contributed by atoms with E-state index in [9.17, 15) is 9.59 Å². The first-order valence-electron chi connectivity index (χ1n) is 6.68. The monoisotopic (exact) mass is 264 g/mol. The van der Waals surface area contributed by atoms with Crippen LogP contribution < -0.4 is 5.32 Å². The first-order valence-corrected chi connectivity index (χ1v) is 6.68. The quantitative estimate of drug-likeness (QED) is 0.643. The van der Waals surface area contributed by atoms with Gasteiger partial charge in [-0.3, -0.25) is 9.59 Å². The van der Waals surface area contributed by atoms with Crippen LogP contribution in [0.5, 0.6) is 0 Å². The third-order valence-corrected chi connectivity index (χ3v) is 3.55.